The molecule has 3 aromatic carbocycles. The molecule has 0 atom stereocenters. The maximum absolute atomic E-state index is 13.3. The quantitative estimate of drug-likeness (QED) is 0.0595. The van der Waals surface area contributed by atoms with Gasteiger partial charge in [-0.25, -0.2) is 0 Å². The van der Waals surface area contributed by atoms with E-state index in [9.17, 15) is 9.59 Å². The van der Waals surface area contributed by atoms with E-state index in [0.29, 0.717) is 17.0 Å². The Hall–Kier alpha value is -4.39. The lowest BCUT2D eigenvalue weighted by Crippen LogP contribution is -2.18. The van der Waals surface area contributed by atoms with Gasteiger partial charge in [0, 0.05) is 16.7 Å². The summed E-state index contributed by atoms with van der Waals surface area (Å²) in [4.78, 5) is 40.1. The lowest BCUT2D eigenvalue weighted by atomic mass is 10.0. The van der Waals surface area contributed by atoms with Gasteiger partial charge in [0.15, 0.2) is 5.82 Å². The van der Waals surface area contributed by atoms with Crippen molar-refractivity contribution in [1.29, 1.82) is 0 Å². The van der Waals surface area contributed by atoms with Gasteiger partial charge in [0.25, 0.3) is 11.8 Å². The van der Waals surface area contributed by atoms with Crippen LogP contribution in [0, 0.1) is 0 Å². The summed E-state index contributed by atoms with van der Waals surface area (Å²) in [5, 5.41) is 5.66. The molecule has 7 nitrogen and oxygen atoms in total. The topological polar surface area (TPSA) is 96.9 Å². The van der Waals surface area contributed by atoms with Crippen LogP contribution < -0.4 is 10.6 Å². The molecule has 4 rings (SSSR count). The summed E-state index contributed by atoms with van der Waals surface area (Å²) in [5.41, 5.74) is 4.25. The van der Waals surface area contributed by atoms with Crippen LogP contribution in [-0.2, 0) is 12.8 Å². The van der Waals surface area contributed by atoms with Crippen LogP contribution in [-0.4, -0.2) is 26.8 Å². The molecule has 0 radical (unpaired) electrons. The molecule has 0 bridgehead atoms. The second kappa shape index (κ2) is 25.6. The fraction of sp³-hybridized carbons (Fsp3) is 0.511. The number of aromatic nitrogens is 3. The zero-order valence-electron chi connectivity index (χ0n) is 33.2. The Morgan fingerprint density at radius 3 is 1.15 bits per heavy atom. The lowest BCUT2D eigenvalue weighted by molar-refractivity contribution is 0.101. The van der Waals surface area contributed by atoms with E-state index in [2.05, 4.69) is 39.4 Å². The van der Waals surface area contributed by atoms with E-state index in [4.69, 9.17) is 0 Å². The highest BCUT2D eigenvalue weighted by Gasteiger charge is 2.15. The highest BCUT2D eigenvalue weighted by Crippen LogP contribution is 2.20. The van der Waals surface area contributed by atoms with E-state index < -0.39 is 0 Å². The van der Waals surface area contributed by atoms with Gasteiger partial charge in [-0.3, -0.25) is 20.2 Å². The molecule has 54 heavy (non-hydrogen) atoms. The van der Waals surface area contributed by atoms with Crippen molar-refractivity contribution in [2.24, 2.45) is 0 Å². The van der Waals surface area contributed by atoms with Gasteiger partial charge in [0.2, 0.25) is 11.9 Å². The average molecular weight is 732 g/mol. The Bertz CT molecular complexity index is 1520. The zero-order valence-corrected chi connectivity index (χ0v) is 33.2. The molecule has 0 aliphatic carbocycles. The molecule has 0 aliphatic rings. The molecular formula is C47H65N5O2. The Kier molecular flexibility index (Phi) is 20.1. The normalized spacial score (nSPS) is 11.1. The number of benzene rings is 3. The number of anilines is 2. The van der Waals surface area contributed by atoms with E-state index in [1.165, 1.54) is 127 Å². The van der Waals surface area contributed by atoms with Gasteiger partial charge >= 0.3 is 0 Å². The first kappa shape index (κ1) is 42.4. The molecule has 0 saturated carbocycles. The SMILES string of the molecule is CCCCCCCCCCCCc1ccc(C(=O)Nc2nc(NC(=O)c3ccc(CCCCCCCCCCCC)cc3)nc(-c3ccccc3)n2)cc1. The monoisotopic (exact) mass is 732 g/mol. The molecule has 2 amide bonds. The lowest BCUT2D eigenvalue weighted by Gasteiger charge is -2.10. The number of nitrogens with zero attached hydrogens (tertiary/aromatic N) is 3. The molecule has 0 aliphatic heterocycles. The zero-order chi connectivity index (χ0) is 38.1. The van der Waals surface area contributed by atoms with Crippen molar-refractivity contribution in [3.8, 4) is 11.4 Å². The van der Waals surface area contributed by atoms with Gasteiger partial charge in [-0.1, -0.05) is 184 Å². The van der Waals surface area contributed by atoms with Crippen LogP contribution in [0.5, 0.6) is 0 Å². The standard InChI is InChI=1S/C47H65N5O2/c1-3-5-7-9-11-13-15-17-19-22-26-38-30-34-41(35-31-38)44(53)50-46-48-43(40-28-24-21-25-29-40)49-47(52-46)51-45(54)42-36-32-39(33-37-42)27-23-20-18-16-14-12-10-8-6-4-2/h21,24-25,28-37H,3-20,22-23,26-27H2,1-2H3,(H2,48,49,50,51,52,53,54). The first-order valence-electron chi connectivity index (χ1n) is 21.2. The number of unbranched alkanes of at least 4 members (excludes halogenated alkanes) is 18. The molecule has 0 fully saturated rings. The predicted molar refractivity (Wildman–Crippen MR) is 225 cm³/mol. The number of carbonyl (C=O) groups is 2. The largest absolute Gasteiger partial charge is 0.290 e. The molecule has 1 heterocycles. The number of amides is 2. The van der Waals surface area contributed by atoms with Gasteiger partial charge in [-0.2, -0.15) is 15.0 Å². The first-order chi connectivity index (χ1) is 26.6. The Morgan fingerprint density at radius 2 is 0.778 bits per heavy atom. The molecule has 290 valence electrons. The van der Waals surface area contributed by atoms with Crippen molar-refractivity contribution in [1.82, 2.24) is 15.0 Å². The molecule has 0 unspecified atom stereocenters. The summed E-state index contributed by atoms with van der Waals surface area (Å²) in [6.07, 6.45) is 28.3. The molecule has 0 spiro atoms. The number of hydrogen-bond donors (Lipinski definition) is 2. The van der Waals surface area contributed by atoms with Gasteiger partial charge < -0.3 is 0 Å². The van der Waals surface area contributed by atoms with Crippen molar-refractivity contribution < 1.29 is 9.59 Å². The summed E-state index contributed by atoms with van der Waals surface area (Å²) in [5.74, 6) is -0.132. The third kappa shape index (κ3) is 16.3. The van der Waals surface area contributed by atoms with Crippen molar-refractivity contribution >= 4 is 23.7 Å². The Balaban J connectivity index is 1.26. The Morgan fingerprint density at radius 1 is 0.426 bits per heavy atom. The van der Waals surface area contributed by atoms with Crippen molar-refractivity contribution in [3.63, 3.8) is 0 Å². The highest BCUT2D eigenvalue weighted by molar-refractivity contribution is 6.04. The van der Waals surface area contributed by atoms with Crippen LogP contribution in [0.25, 0.3) is 11.4 Å². The van der Waals surface area contributed by atoms with Crippen molar-refractivity contribution in [2.75, 3.05) is 10.6 Å². The summed E-state index contributed by atoms with van der Waals surface area (Å²) >= 11 is 0. The minimum atomic E-state index is -0.319. The van der Waals surface area contributed by atoms with Gasteiger partial charge in [0.05, 0.1) is 0 Å². The molecule has 2 N–H and O–H groups in total. The summed E-state index contributed by atoms with van der Waals surface area (Å²) < 4.78 is 0. The third-order valence-corrected chi connectivity index (χ3v) is 10.2. The van der Waals surface area contributed by atoms with Gasteiger partial charge in [-0.15, -0.1) is 0 Å². The second-order valence-electron chi connectivity index (χ2n) is 14.8. The predicted octanol–water partition coefficient (Wildman–Crippen LogP) is 13.0. The number of carbonyl (C=O) groups excluding carboxylic acids is 2. The van der Waals surface area contributed by atoms with Crippen molar-refractivity contribution in [3.05, 3.63) is 101 Å². The van der Waals surface area contributed by atoms with Crippen LogP contribution in [0.15, 0.2) is 78.9 Å². The van der Waals surface area contributed by atoms with E-state index in [-0.39, 0.29) is 23.7 Å². The minimum absolute atomic E-state index is 0.0745. The number of aryl methyl sites for hydroxylation is 2. The number of rotatable bonds is 27. The first-order valence-corrected chi connectivity index (χ1v) is 21.2. The summed E-state index contributed by atoms with van der Waals surface area (Å²) in [6, 6.07) is 25.0. The van der Waals surface area contributed by atoms with Crippen LogP contribution in [0.3, 0.4) is 0 Å². The number of hydrogen-bond acceptors (Lipinski definition) is 5. The number of nitrogens with one attached hydrogen (secondary N) is 2. The van der Waals surface area contributed by atoms with Crippen molar-refractivity contribution in [2.45, 2.75) is 155 Å². The van der Waals surface area contributed by atoms with Gasteiger partial charge in [0.1, 0.15) is 0 Å². The fourth-order valence-corrected chi connectivity index (χ4v) is 6.83. The highest BCUT2D eigenvalue weighted by atomic mass is 16.2. The molecular weight excluding hydrogens is 667 g/mol. The van der Waals surface area contributed by atoms with Crippen LogP contribution >= 0.6 is 0 Å². The van der Waals surface area contributed by atoms with Crippen LogP contribution in [0.1, 0.15) is 174 Å². The maximum atomic E-state index is 13.3. The second-order valence-corrected chi connectivity index (χ2v) is 14.8. The molecule has 4 aromatic rings. The third-order valence-electron chi connectivity index (χ3n) is 10.2. The van der Waals surface area contributed by atoms with E-state index in [1.54, 1.807) is 0 Å². The van der Waals surface area contributed by atoms with Gasteiger partial charge in [-0.05, 0) is 61.1 Å². The fourth-order valence-electron chi connectivity index (χ4n) is 6.83. The van der Waals surface area contributed by atoms with Crippen LogP contribution in [0.4, 0.5) is 11.9 Å². The molecule has 0 saturated heterocycles. The molecule has 7 heteroatoms. The van der Waals surface area contributed by atoms with E-state index >= 15 is 0 Å². The average Bonchev–Trinajstić information content (AvgIpc) is 3.20. The summed E-state index contributed by atoms with van der Waals surface area (Å²) in [7, 11) is 0. The van der Waals surface area contributed by atoms with Crippen LogP contribution in [0.2, 0.25) is 0 Å². The Labute approximate surface area is 325 Å². The van der Waals surface area contributed by atoms with E-state index in [0.717, 1.165) is 31.2 Å². The molecule has 1 aromatic heterocycles. The van der Waals surface area contributed by atoms with E-state index in [1.807, 2.05) is 78.9 Å². The summed E-state index contributed by atoms with van der Waals surface area (Å²) in [6.45, 7) is 4.53. The minimum Gasteiger partial charge on any atom is -0.290 e. The smallest absolute Gasteiger partial charge is 0.258 e. The maximum Gasteiger partial charge on any atom is 0.258 e.